The smallest absolute Gasteiger partial charge is 0.407 e. The number of hydrogen-bond donors (Lipinski definition) is 3. The fourth-order valence-corrected chi connectivity index (χ4v) is 4.28. The van der Waals surface area contributed by atoms with Crippen molar-refractivity contribution >= 4 is 41.7 Å². The third-order valence-corrected chi connectivity index (χ3v) is 5.92. The molecule has 0 aromatic heterocycles. The van der Waals surface area contributed by atoms with Crippen molar-refractivity contribution in [3.05, 3.63) is 63.7 Å². The maximum atomic E-state index is 14.6. The van der Waals surface area contributed by atoms with Crippen molar-refractivity contribution in [1.82, 2.24) is 10.6 Å². The zero-order valence-electron chi connectivity index (χ0n) is 17.1. The Balaban J connectivity index is 0.00000289. The highest BCUT2D eigenvalue weighted by Gasteiger charge is 2.31. The Kier molecular flexibility index (Phi) is 7.92. The van der Waals surface area contributed by atoms with Crippen molar-refractivity contribution in [1.29, 1.82) is 0 Å². The first-order valence-electron chi connectivity index (χ1n) is 10.2. The second-order valence-electron chi connectivity index (χ2n) is 7.70. The Morgan fingerprint density at radius 1 is 1.16 bits per heavy atom. The van der Waals surface area contributed by atoms with Gasteiger partial charge >= 0.3 is 6.09 Å². The Morgan fingerprint density at radius 2 is 1.94 bits per heavy atom. The van der Waals surface area contributed by atoms with Gasteiger partial charge in [-0.3, -0.25) is 4.79 Å². The lowest BCUT2D eigenvalue weighted by Crippen LogP contribution is -2.33. The molecule has 0 bridgehead atoms. The minimum Gasteiger partial charge on any atom is -0.448 e. The topological polar surface area (TPSA) is 79.5 Å². The van der Waals surface area contributed by atoms with Crippen LogP contribution in [0.25, 0.3) is 0 Å². The molecule has 2 aromatic carbocycles. The van der Waals surface area contributed by atoms with Crippen molar-refractivity contribution in [2.75, 3.05) is 18.5 Å². The Hall–Kier alpha value is -2.42. The molecule has 2 aromatic rings. The van der Waals surface area contributed by atoms with E-state index in [1.165, 1.54) is 24.3 Å². The fraction of sp³-hybridized carbons (Fsp3) is 0.364. The molecule has 1 aliphatic heterocycles. The summed E-state index contributed by atoms with van der Waals surface area (Å²) in [5.41, 5.74) is 1.45. The van der Waals surface area contributed by atoms with Crippen LogP contribution in [0.2, 0.25) is 5.02 Å². The monoisotopic (exact) mass is 485 g/mol. The normalized spacial score (nSPS) is 19.1. The van der Waals surface area contributed by atoms with Crippen LogP contribution in [0, 0.1) is 11.6 Å². The van der Waals surface area contributed by atoms with E-state index in [-0.39, 0.29) is 30.1 Å². The van der Waals surface area contributed by atoms with Gasteiger partial charge in [-0.05, 0) is 68.1 Å². The fourth-order valence-electron chi connectivity index (χ4n) is 4.10. The largest absolute Gasteiger partial charge is 0.448 e. The molecule has 10 heteroatoms. The van der Waals surface area contributed by atoms with Gasteiger partial charge in [-0.2, -0.15) is 0 Å². The molecule has 0 radical (unpaired) electrons. The summed E-state index contributed by atoms with van der Waals surface area (Å²) in [6.45, 7) is 1.17. The summed E-state index contributed by atoms with van der Waals surface area (Å²) in [7, 11) is 0. The maximum Gasteiger partial charge on any atom is 0.407 e. The number of nitrogens with one attached hydrogen (secondary N) is 3. The molecule has 1 fully saturated rings. The van der Waals surface area contributed by atoms with E-state index in [1.807, 2.05) is 0 Å². The maximum absolute atomic E-state index is 14.6. The van der Waals surface area contributed by atoms with E-state index in [1.54, 1.807) is 0 Å². The first-order valence-corrected chi connectivity index (χ1v) is 10.5. The van der Waals surface area contributed by atoms with E-state index in [4.69, 9.17) is 16.3 Å². The van der Waals surface area contributed by atoms with Crippen LogP contribution in [0.1, 0.15) is 46.8 Å². The lowest BCUT2D eigenvalue weighted by Gasteiger charge is -2.17. The van der Waals surface area contributed by atoms with Crippen LogP contribution in [-0.2, 0) is 11.2 Å². The van der Waals surface area contributed by atoms with Crippen molar-refractivity contribution in [2.24, 2.45) is 0 Å². The number of amides is 2. The minimum absolute atomic E-state index is 0. The molecule has 0 spiro atoms. The predicted octanol–water partition coefficient (Wildman–Crippen LogP) is 4.76. The van der Waals surface area contributed by atoms with Gasteiger partial charge in [0, 0.05) is 22.9 Å². The average molecular weight is 486 g/mol. The molecule has 1 aliphatic carbocycles. The zero-order valence-corrected chi connectivity index (χ0v) is 18.6. The van der Waals surface area contributed by atoms with Crippen LogP contribution >= 0.6 is 24.0 Å². The molecule has 1 saturated heterocycles. The summed E-state index contributed by atoms with van der Waals surface area (Å²) in [6, 6.07) is 6.03. The average Bonchev–Trinajstić information content (AvgIpc) is 3.40. The molecule has 1 heterocycles. The molecule has 3 N–H and O–H groups in total. The van der Waals surface area contributed by atoms with Gasteiger partial charge < -0.3 is 20.7 Å². The summed E-state index contributed by atoms with van der Waals surface area (Å²) >= 11 is 5.76. The minimum atomic E-state index is -0.609. The molecule has 2 atom stereocenters. The van der Waals surface area contributed by atoms with Gasteiger partial charge in [-0.15, -0.1) is 12.4 Å². The molecule has 0 saturated carbocycles. The highest BCUT2D eigenvalue weighted by molar-refractivity contribution is 6.31. The van der Waals surface area contributed by atoms with Gasteiger partial charge in [-0.1, -0.05) is 11.6 Å². The van der Waals surface area contributed by atoms with Crippen LogP contribution < -0.4 is 16.0 Å². The molecule has 4 rings (SSSR count). The number of fused-ring (bicyclic) bond motifs is 1. The van der Waals surface area contributed by atoms with E-state index in [0.29, 0.717) is 35.2 Å². The van der Waals surface area contributed by atoms with Gasteiger partial charge in [0.05, 0.1) is 11.1 Å². The van der Waals surface area contributed by atoms with Gasteiger partial charge in [-0.25, -0.2) is 13.6 Å². The number of rotatable bonds is 5. The van der Waals surface area contributed by atoms with Gasteiger partial charge in [0.2, 0.25) is 0 Å². The Bertz CT molecular complexity index is 1020. The standard InChI is InChI=1S/C22H22ClF2N3O3.ClH/c23-16-10-12(3-6-17(16)24)27-21(29)15-4-7-18(25)20-14(15)5-8-19(20)28-22(30)31-11-13-2-1-9-26-13;/h3-4,6-7,10,13,19,26H,1-2,5,8-9,11H2,(H,27,29)(H,28,30);1H/t13-,19-;/m0./s1. The number of benzene rings is 2. The third-order valence-electron chi connectivity index (χ3n) is 5.63. The van der Waals surface area contributed by atoms with Crippen molar-refractivity contribution in [2.45, 2.75) is 37.8 Å². The SMILES string of the molecule is Cl.O=C(N[C@H]1CCc2c(C(=O)Nc3ccc(F)c(Cl)c3)ccc(F)c21)OC[C@@H]1CCCN1. The Morgan fingerprint density at radius 3 is 2.66 bits per heavy atom. The highest BCUT2D eigenvalue weighted by atomic mass is 35.5. The summed E-state index contributed by atoms with van der Waals surface area (Å²) in [5.74, 6) is -1.54. The van der Waals surface area contributed by atoms with Crippen molar-refractivity contribution in [3.8, 4) is 0 Å². The molecular formula is C22H23Cl2F2N3O3. The number of anilines is 1. The van der Waals surface area contributed by atoms with Crippen LogP contribution in [0.4, 0.5) is 19.3 Å². The number of carbonyl (C=O) groups is 2. The molecule has 2 aliphatic rings. The number of halogens is 4. The lowest BCUT2D eigenvalue weighted by molar-refractivity contribution is 0.102. The van der Waals surface area contributed by atoms with Gasteiger partial charge in [0.1, 0.15) is 18.2 Å². The molecule has 0 unspecified atom stereocenters. The van der Waals surface area contributed by atoms with Crippen LogP contribution in [-0.4, -0.2) is 31.2 Å². The number of carbonyl (C=O) groups excluding carboxylic acids is 2. The van der Waals surface area contributed by atoms with E-state index in [0.717, 1.165) is 25.5 Å². The van der Waals surface area contributed by atoms with Crippen molar-refractivity contribution < 1.29 is 23.1 Å². The Labute approximate surface area is 195 Å². The highest BCUT2D eigenvalue weighted by Crippen LogP contribution is 2.36. The van der Waals surface area contributed by atoms with E-state index >= 15 is 0 Å². The summed E-state index contributed by atoms with van der Waals surface area (Å²) in [4.78, 5) is 25.0. The quantitative estimate of drug-likeness (QED) is 0.570. The van der Waals surface area contributed by atoms with Crippen molar-refractivity contribution in [3.63, 3.8) is 0 Å². The third kappa shape index (κ3) is 5.31. The predicted molar refractivity (Wildman–Crippen MR) is 120 cm³/mol. The summed E-state index contributed by atoms with van der Waals surface area (Å²) in [6.07, 6.45) is 2.27. The molecule has 32 heavy (non-hydrogen) atoms. The molecule has 172 valence electrons. The van der Waals surface area contributed by atoms with Gasteiger partial charge in [0.15, 0.2) is 0 Å². The van der Waals surface area contributed by atoms with Crippen LogP contribution in [0.5, 0.6) is 0 Å². The number of ether oxygens (including phenoxy) is 1. The number of hydrogen-bond acceptors (Lipinski definition) is 4. The zero-order chi connectivity index (χ0) is 22.0. The van der Waals surface area contributed by atoms with Crippen LogP contribution in [0.3, 0.4) is 0 Å². The summed E-state index contributed by atoms with van der Waals surface area (Å²) < 4.78 is 33.2. The molecule has 6 nitrogen and oxygen atoms in total. The molecular weight excluding hydrogens is 463 g/mol. The summed E-state index contributed by atoms with van der Waals surface area (Å²) in [5, 5.41) is 8.49. The van der Waals surface area contributed by atoms with Crippen LogP contribution in [0.15, 0.2) is 30.3 Å². The first-order chi connectivity index (χ1) is 14.9. The second-order valence-corrected chi connectivity index (χ2v) is 8.10. The number of alkyl carbamates (subject to hydrolysis) is 1. The first kappa shape index (κ1) is 24.2. The van der Waals surface area contributed by atoms with E-state index < -0.39 is 29.7 Å². The lowest BCUT2D eigenvalue weighted by atomic mass is 10.0. The van der Waals surface area contributed by atoms with E-state index in [9.17, 15) is 18.4 Å². The van der Waals surface area contributed by atoms with Gasteiger partial charge in [0.25, 0.3) is 5.91 Å². The molecule has 2 amide bonds. The van der Waals surface area contributed by atoms with E-state index in [2.05, 4.69) is 16.0 Å². The second kappa shape index (κ2) is 10.5.